The molecular formula is C21H30BNO4. The molecule has 27 heavy (non-hydrogen) atoms. The molecule has 146 valence electrons. The van der Waals surface area contributed by atoms with Crippen molar-refractivity contribution in [3.63, 3.8) is 0 Å². The minimum absolute atomic E-state index is 0.360. The zero-order chi connectivity index (χ0) is 20.4. The number of hydrogen-bond donors (Lipinski definition) is 0. The van der Waals surface area contributed by atoms with Crippen LogP contribution in [-0.4, -0.2) is 34.6 Å². The van der Waals surface area contributed by atoms with Gasteiger partial charge in [0, 0.05) is 11.1 Å². The van der Waals surface area contributed by atoms with E-state index in [9.17, 15) is 4.79 Å². The average Bonchev–Trinajstić information content (AvgIpc) is 2.88. The molecule has 0 amide bonds. The molecule has 0 N–H and O–H groups in total. The van der Waals surface area contributed by atoms with Gasteiger partial charge in [0.15, 0.2) is 0 Å². The van der Waals surface area contributed by atoms with Crippen LogP contribution in [0, 0.1) is 13.8 Å². The number of hydrogen-bond acceptors (Lipinski definition) is 4. The predicted molar refractivity (Wildman–Crippen MR) is 109 cm³/mol. The number of nitrogens with zero attached hydrogens (tertiary/aromatic N) is 1. The van der Waals surface area contributed by atoms with Gasteiger partial charge in [-0.1, -0.05) is 12.1 Å². The molecule has 0 radical (unpaired) electrons. The van der Waals surface area contributed by atoms with Crippen molar-refractivity contribution in [1.82, 2.24) is 4.57 Å². The zero-order valence-corrected chi connectivity index (χ0v) is 17.9. The van der Waals surface area contributed by atoms with Crippen LogP contribution in [0.1, 0.15) is 59.7 Å². The molecule has 1 aromatic carbocycles. The molecule has 1 aromatic heterocycles. The highest BCUT2D eigenvalue weighted by Crippen LogP contribution is 2.37. The summed E-state index contributed by atoms with van der Waals surface area (Å²) in [7, 11) is -0.427. The summed E-state index contributed by atoms with van der Waals surface area (Å²) in [5.74, 6) is 0. The number of aryl methyl sites for hydroxylation is 1. The van der Waals surface area contributed by atoms with E-state index < -0.39 is 12.7 Å². The zero-order valence-electron chi connectivity index (χ0n) is 17.9. The normalized spacial score (nSPS) is 18.9. The summed E-state index contributed by atoms with van der Waals surface area (Å²) in [5.41, 5.74) is 2.39. The van der Waals surface area contributed by atoms with Gasteiger partial charge in [0.2, 0.25) is 0 Å². The third-order valence-electron chi connectivity index (χ3n) is 5.65. The van der Waals surface area contributed by atoms with Crippen LogP contribution in [0.5, 0.6) is 0 Å². The second-order valence-corrected chi connectivity index (χ2v) is 9.39. The van der Waals surface area contributed by atoms with Crippen molar-refractivity contribution in [2.45, 2.75) is 79.1 Å². The van der Waals surface area contributed by atoms with Gasteiger partial charge >= 0.3 is 13.2 Å². The Morgan fingerprint density at radius 1 is 1.07 bits per heavy atom. The summed E-state index contributed by atoms with van der Waals surface area (Å²) >= 11 is 0. The fourth-order valence-electron chi connectivity index (χ4n) is 3.26. The molecule has 5 nitrogen and oxygen atoms in total. The molecule has 0 aliphatic carbocycles. The van der Waals surface area contributed by atoms with Crippen LogP contribution in [-0.2, 0) is 14.0 Å². The van der Waals surface area contributed by atoms with E-state index >= 15 is 0 Å². The van der Waals surface area contributed by atoms with Crippen LogP contribution < -0.4 is 5.46 Å². The van der Waals surface area contributed by atoms with E-state index in [1.165, 1.54) is 0 Å². The standard InChI is InChI=1S/C21H30BNO4/c1-13-14(2)23(18(24)25-19(3,4)5)17-11-10-15(12-16(13)17)22-26-20(6,7)21(8,9)27-22/h10-12H,1-9H3. The fourth-order valence-corrected chi connectivity index (χ4v) is 3.26. The van der Waals surface area contributed by atoms with Crippen molar-refractivity contribution < 1.29 is 18.8 Å². The predicted octanol–water partition coefficient (Wildman–Crippen LogP) is 4.34. The highest BCUT2D eigenvalue weighted by Gasteiger charge is 2.51. The van der Waals surface area contributed by atoms with Crippen LogP contribution >= 0.6 is 0 Å². The van der Waals surface area contributed by atoms with Crippen LogP contribution in [0.4, 0.5) is 4.79 Å². The van der Waals surface area contributed by atoms with Gasteiger partial charge in [0.1, 0.15) is 5.60 Å². The molecule has 0 bridgehead atoms. The van der Waals surface area contributed by atoms with Crippen LogP contribution in [0.2, 0.25) is 0 Å². The molecule has 2 aromatic rings. The van der Waals surface area contributed by atoms with Crippen LogP contribution in [0.15, 0.2) is 18.2 Å². The first-order valence-corrected chi connectivity index (χ1v) is 9.44. The van der Waals surface area contributed by atoms with Crippen molar-refractivity contribution in [3.8, 4) is 0 Å². The maximum atomic E-state index is 12.7. The summed E-state index contributed by atoms with van der Waals surface area (Å²) in [5, 5.41) is 1.01. The smallest absolute Gasteiger partial charge is 0.443 e. The summed E-state index contributed by atoms with van der Waals surface area (Å²) < 4.78 is 19.6. The number of rotatable bonds is 1. The highest BCUT2D eigenvalue weighted by molar-refractivity contribution is 6.62. The minimum atomic E-state index is -0.545. The molecule has 0 unspecified atom stereocenters. The maximum Gasteiger partial charge on any atom is 0.494 e. The first kappa shape index (κ1) is 20.0. The SMILES string of the molecule is Cc1c(C)n(C(=O)OC(C)(C)C)c2ccc(B3OC(C)(C)C(C)(C)O3)cc12. The lowest BCUT2D eigenvalue weighted by Crippen LogP contribution is -2.41. The molecule has 1 aliphatic heterocycles. The molecular weight excluding hydrogens is 341 g/mol. The molecule has 0 saturated carbocycles. The van der Waals surface area contributed by atoms with E-state index in [2.05, 4.69) is 6.07 Å². The van der Waals surface area contributed by atoms with Crippen molar-refractivity contribution in [3.05, 3.63) is 29.5 Å². The Balaban J connectivity index is 2.03. The number of carbonyl (C=O) groups excluding carboxylic acids is 1. The van der Waals surface area contributed by atoms with Gasteiger partial charge in [-0.2, -0.15) is 0 Å². The molecule has 6 heteroatoms. The topological polar surface area (TPSA) is 49.7 Å². The molecule has 2 heterocycles. The number of aromatic nitrogens is 1. The third-order valence-corrected chi connectivity index (χ3v) is 5.65. The Labute approximate surface area is 162 Å². The van der Waals surface area contributed by atoms with Gasteiger partial charge in [-0.25, -0.2) is 9.36 Å². The Kier molecular flexibility index (Phi) is 4.52. The number of ether oxygens (including phenoxy) is 1. The van der Waals surface area contributed by atoms with Gasteiger partial charge < -0.3 is 14.0 Å². The van der Waals surface area contributed by atoms with Crippen molar-refractivity contribution >= 4 is 29.6 Å². The molecule has 1 saturated heterocycles. The van der Waals surface area contributed by atoms with Gasteiger partial charge in [0.25, 0.3) is 0 Å². The summed E-state index contributed by atoms with van der Waals surface area (Å²) in [6, 6.07) is 5.96. The van der Waals surface area contributed by atoms with Gasteiger partial charge in [-0.05, 0) is 79.4 Å². The second kappa shape index (κ2) is 6.11. The Hall–Kier alpha value is -1.79. The van der Waals surface area contributed by atoms with Crippen molar-refractivity contribution in [2.24, 2.45) is 0 Å². The monoisotopic (exact) mass is 371 g/mol. The second-order valence-electron chi connectivity index (χ2n) is 9.39. The van der Waals surface area contributed by atoms with E-state index in [4.69, 9.17) is 14.0 Å². The maximum absolute atomic E-state index is 12.7. The molecule has 3 rings (SSSR count). The first-order valence-electron chi connectivity index (χ1n) is 9.44. The molecule has 1 aliphatic rings. The Bertz CT molecular complexity index is 889. The molecule has 0 atom stereocenters. The number of fused-ring (bicyclic) bond motifs is 1. The van der Waals surface area contributed by atoms with E-state index in [0.717, 1.165) is 27.6 Å². The van der Waals surface area contributed by atoms with Gasteiger partial charge in [-0.15, -0.1) is 0 Å². The molecule has 1 fully saturated rings. The van der Waals surface area contributed by atoms with Crippen LogP contribution in [0.3, 0.4) is 0 Å². The van der Waals surface area contributed by atoms with E-state index in [0.29, 0.717) is 0 Å². The van der Waals surface area contributed by atoms with Gasteiger partial charge in [0.05, 0.1) is 16.7 Å². The number of benzene rings is 1. The lowest BCUT2D eigenvalue weighted by molar-refractivity contribution is 0.00578. The fraction of sp³-hybridized carbons (Fsp3) is 0.571. The first-order chi connectivity index (χ1) is 12.2. The third kappa shape index (κ3) is 3.41. The largest absolute Gasteiger partial charge is 0.494 e. The summed E-state index contributed by atoms with van der Waals surface area (Å²) in [6.07, 6.45) is -0.360. The Morgan fingerprint density at radius 2 is 1.63 bits per heavy atom. The minimum Gasteiger partial charge on any atom is -0.443 e. The Morgan fingerprint density at radius 3 is 2.15 bits per heavy atom. The van der Waals surface area contributed by atoms with E-state index in [-0.39, 0.29) is 17.3 Å². The van der Waals surface area contributed by atoms with Crippen molar-refractivity contribution in [1.29, 1.82) is 0 Å². The van der Waals surface area contributed by atoms with Crippen LogP contribution in [0.25, 0.3) is 10.9 Å². The number of carbonyl (C=O) groups is 1. The molecule has 0 spiro atoms. The highest BCUT2D eigenvalue weighted by atomic mass is 16.7. The summed E-state index contributed by atoms with van der Waals surface area (Å²) in [4.78, 5) is 12.7. The van der Waals surface area contributed by atoms with Crippen molar-refractivity contribution in [2.75, 3.05) is 0 Å². The lowest BCUT2D eigenvalue weighted by atomic mass is 9.78. The summed E-state index contributed by atoms with van der Waals surface area (Å²) in [6.45, 7) is 17.7. The van der Waals surface area contributed by atoms with Gasteiger partial charge in [-0.3, -0.25) is 0 Å². The van der Waals surface area contributed by atoms with E-state index in [1.807, 2.05) is 74.4 Å². The van der Waals surface area contributed by atoms with E-state index in [1.54, 1.807) is 4.57 Å². The lowest BCUT2D eigenvalue weighted by Gasteiger charge is -2.32. The quantitative estimate of drug-likeness (QED) is 0.700. The average molecular weight is 371 g/mol.